The van der Waals surface area contributed by atoms with Gasteiger partial charge in [-0.15, -0.1) is 11.3 Å². The third-order valence-corrected chi connectivity index (χ3v) is 6.19. The Labute approximate surface area is 176 Å². The van der Waals surface area contributed by atoms with Gasteiger partial charge in [-0.05, 0) is 18.4 Å². The van der Waals surface area contributed by atoms with Gasteiger partial charge >= 0.3 is 5.97 Å². The van der Waals surface area contributed by atoms with Crippen molar-refractivity contribution in [3.05, 3.63) is 46.1 Å². The van der Waals surface area contributed by atoms with E-state index in [1.165, 1.54) is 18.4 Å². The smallest absolute Gasteiger partial charge is 0.325 e. The van der Waals surface area contributed by atoms with Crippen molar-refractivity contribution in [3.8, 4) is 11.1 Å². The Morgan fingerprint density at radius 2 is 2.13 bits per heavy atom. The van der Waals surface area contributed by atoms with Gasteiger partial charge in [0.1, 0.15) is 11.2 Å². The zero-order valence-electron chi connectivity index (χ0n) is 16.5. The summed E-state index contributed by atoms with van der Waals surface area (Å²) in [7, 11) is 1.28. The number of carbonyl (C=O) groups excluding carboxylic acids is 2. The Morgan fingerprint density at radius 3 is 2.90 bits per heavy atom. The predicted octanol–water partition coefficient (Wildman–Crippen LogP) is 2.16. The summed E-state index contributed by atoms with van der Waals surface area (Å²) in [6.07, 6.45) is 1.50. The number of nitrogens with zero attached hydrogens (tertiary/aromatic N) is 2. The lowest BCUT2D eigenvalue weighted by Gasteiger charge is -2.32. The largest absolute Gasteiger partial charge is 0.468 e. The second-order valence-electron chi connectivity index (χ2n) is 7.16. The van der Waals surface area contributed by atoms with Crippen molar-refractivity contribution in [2.45, 2.75) is 12.8 Å². The molecule has 0 bridgehead atoms. The summed E-state index contributed by atoms with van der Waals surface area (Å²) in [5.41, 5.74) is 2.42. The quantitative estimate of drug-likeness (QED) is 0.606. The maximum absolute atomic E-state index is 12.7. The number of amides is 1. The molecular weight excluding hydrogens is 404 g/mol. The molecule has 0 spiro atoms. The number of hydrogen-bond donors (Lipinski definition) is 2. The van der Waals surface area contributed by atoms with Crippen LogP contribution in [0, 0.1) is 5.92 Å². The number of benzene rings is 1. The molecule has 1 saturated heterocycles. The summed E-state index contributed by atoms with van der Waals surface area (Å²) in [5.74, 6) is -0.513. The zero-order chi connectivity index (χ0) is 21.1. The number of esters is 1. The Kier molecular flexibility index (Phi) is 5.80. The molecule has 8 nitrogen and oxygen atoms in total. The molecule has 1 aliphatic rings. The van der Waals surface area contributed by atoms with E-state index in [9.17, 15) is 14.4 Å². The first-order chi connectivity index (χ1) is 14.6. The van der Waals surface area contributed by atoms with Gasteiger partial charge < -0.3 is 15.0 Å². The van der Waals surface area contributed by atoms with Gasteiger partial charge in [-0.1, -0.05) is 30.3 Å². The molecule has 9 heteroatoms. The first-order valence-electron chi connectivity index (χ1n) is 9.73. The lowest BCUT2D eigenvalue weighted by atomic mass is 9.97. The van der Waals surface area contributed by atoms with Crippen molar-refractivity contribution in [3.63, 3.8) is 0 Å². The minimum absolute atomic E-state index is 0.151. The molecule has 2 aromatic heterocycles. The summed E-state index contributed by atoms with van der Waals surface area (Å²) >= 11 is 1.37. The maximum atomic E-state index is 12.7. The summed E-state index contributed by atoms with van der Waals surface area (Å²) < 4.78 is 5.14. The SMILES string of the molecule is COC(=O)CNC(=O)C1CCCN(c2nc3c(-c4ccccc4)csc3c(=O)[nH]2)C1. The van der Waals surface area contributed by atoms with Crippen LogP contribution >= 0.6 is 11.3 Å². The number of carbonyl (C=O) groups is 2. The molecule has 3 aromatic rings. The Morgan fingerprint density at radius 1 is 1.33 bits per heavy atom. The Hall–Kier alpha value is -3.20. The van der Waals surface area contributed by atoms with Crippen molar-refractivity contribution in [1.82, 2.24) is 15.3 Å². The molecule has 156 valence electrons. The second kappa shape index (κ2) is 8.66. The number of H-pyrrole nitrogens is 1. The lowest BCUT2D eigenvalue weighted by molar-refractivity contribution is -0.141. The van der Waals surface area contributed by atoms with E-state index >= 15 is 0 Å². The molecule has 3 heterocycles. The van der Waals surface area contributed by atoms with E-state index in [4.69, 9.17) is 4.98 Å². The molecule has 1 fully saturated rings. The Bertz CT molecular complexity index is 1120. The van der Waals surface area contributed by atoms with Gasteiger partial charge in [0, 0.05) is 24.0 Å². The van der Waals surface area contributed by atoms with Crippen LogP contribution in [0.15, 0.2) is 40.5 Å². The van der Waals surface area contributed by atoms with E-state index < -0.39 is 5.97 Å². The summed E-state index contributed by atoms with van der Waals surface area (Å²) in [5, 5.41) is 4.56. The van der Waals surface area contributed by atoms with E-state index in [0.29, 0.717) is 35.7 Å². The number of rotatable bonds is 5. The van der Waals surface area contributed by atoms with Crippen LogP contribution < -0.4 is 15.8 Å². The van der Waals surface area contributed by atoms with Crippen LogP contribution in [0.25, 0.3) is 21.3 Å². The number of aromatic amines is 1. The van der Waals surface area contributed by atoms with Gasteiger partial charge in [0.2, 0.25) is 11.9 Å². The molecule has 1 aromatic carbocycles. The third kappa shape index (κ3) is 4.06. The van der Waals surface area contributed by atoms with Crippen molar-refractivity contribution in [2.75, 3.05) is 31.6 Å². The van der Waals surface area contributed by atoms with Crippen LogP contribution in [-0.4, -0.2) is 48.6 Å². The molecule has 4 rings (SSSR count). The number of methoxy groups -OCH3 is 1. The van der Waals surface area contributed by atoms with Crippen molar-refractivity contribution >= 4 is 39.4 Å². The molecule has 1 amide bonds. The van der Waals surface area contributed by atoms with Gasteiger partial charge in [0.15, 0.2) is 0 Å². The molecule has 1 unspecified atom stereocenters. The molecule has 1 aliphatic heterocycles. The minimum Gasteiger partial charge on any atom is -0.468 e. The van der Waals surface area contributed by atoms with Gasteiger partial charge in [-0.25, -0.2) is 4.98 Å². The van der Waals surface area contributed by atoms with Crippen LogP contribution in [0.4, 0.5) is 5.95 Å². The molecule has 0 saturated carbocycles. The molecular formula is C21H22N4O4S. The molecule has 30 heavy (non-hydrogen) atoms. The number of anilines is 1. The normalized spacial score (nSPS) is 16.4. The standard InChI is InChI=1S/C21H22N4O4S/c1-29-16(26)10-22-19(27)14-8-5-9-25(11-14)21-23-17-15(13-6-3-2-4-7-13)12-30-18(17)20(28)24-21/h2-4,6-7,12,14H,5,8-11H2,1H3,(H,22,27)(H,23,24,28). The van der Waals surface area contributed by atoms with E-state index in [-0.39, 0.29) is 23.9 Å². The number of ether oxygens (including phenoxy) is 1. The first kappa shape index (κ1) is 20.1. The van der Waals surface area contributed by atoms with Crippen molar-refractivity contribution < 1.29 is 14.3 Å². The topological polar surface area (TPSA) is 104 Å². The number of aromatic nitrogens is 2. The number of piperidine rings is 1. The summed E-state index contributed by atoms with van der Waals surface area (Å²) in [4.78, 5) is 45.9. The highest BCUT2D eigenvalue weighted by molar-refractivity contribution is 7.17. The molecule has 1 atom stereocenters. The predicted molar refractivity (Wildman–Crippen MR) is 116 cm³/mol. The van der Waals surface area contributed by atoms with Gasteiger partial charge in [-0.3, -0.25) is 19.4 Å². The van der Waals surface area contributed by atoms with Crippen molar-refractivity contribution in [2.24, 2.45) is 5.92 Å². The van der Waals surface area contributed by atoms with Gasteiger partial charge in [0.25, 0.3) is 5.56 Å². The van der Waals surface area contributed by atoms with Crippen LogP contribution in [0.3, 0.4) is 0 Å². The minimum atomic E-state index is -0.488. The van der Waals surface area contributed by atoms with E-state index in [1.54, 1.807) is 0 Å². The average Bonchev–Trinajstić information content (AvgIpc) is 3.22. The van der Waals surface area contributed by atoms with Gasteiger partial charge in [0.05, 0.1) is 18.5 Å². The molecule has 0 aliphatic carbocycles. The van der Waals surface area contributed by atoms with Gasteiger partial charge in [-0.2, -0.15) is 0 Å². The lowest BCUT2D eigenvalue weighted by Crippen LogP contribution is -2.45. The van der Waals surface area contributed by atoms with E-state index in [1.807, 2.05) is 40.6 Å². The summed E-state index contributed by atoms with van der Waals surface area (Å²) in [6.45, 7) is 0.967. The maximum Gasteiger partial charge on any atom is 0.325 e. The van der Waals surface area contributed by atoms with Crippen LogP contribution in [0.1, 0.15) is 12.8 Å². The third-order valence-electron chi connectivity index (χ3n) is 5.23. The first-order valence-corrected chi connectivity index (χ1v) is 10.6. The number of fused-ring (bicyclic) bond motifs is 1. The van der Waals surface area contributed by atoms with E-state index in [0.717, 1.165) is 17.5 Å². The average molecular weight is 426 g/mol. The molecule has 0 radical (unpaired) electrons. The Balaban J connectivity index is 1.59. The fraction of sp³-hybridized carbons (Fsp3) is 0.333. The number of thiophene rings is 1. The number of hydrogen-bond acceptors (Lipinski definition) is 7. The van der Waals surface area contributed by atoms with Crippen LogP contribution in [-0.2, 0) is 14.3 Å². The monoisotopic (exact) mass is 426 g/mol. The highest BCUT2D eigenvalue weighted by Crippen LogP contribution is 2.32. The highest BCUT2D eigenvalue weighted by Gasteiger charge is 2.28. The van der Waals surface area contributed by atoms with E-state index in [2.05, 4.69) is 15.0 Å². The fourth-order valence-corrected chi connectivity index (χ4v) is 4.56. The molecule has 2 N–H and O–H groups in total. The van der Waals surface area contributed by atoms with Crippen LogP contribution in [0.5, 0.6) is 0 Å². The summed E-state index contributed by atoms with van der Waals surface area (Å²) in [6, 6.07) is 9.84. The second-order valence-corrected chi connectivity index (χ2v) is 8.04. The van der Waals surface area contributed by atoms with Crippen molar-refractivity contribution in [1.29, 1.82) is 0 Å². The zero-order valence-corrected chi connectivity index (χ0v) is 17.3. The number of nitrogens with one attached hydrogen (secondary N) is 2. The highest BCUT2D eigenvalue weighted by atomic mass is 32.1. The fourth-order valence-electron chi connectivity index (χ4n) is 3.65. The van der Waals surface area contributed by atoms with Crippen LogP contribution in [0.2, 0.25) is 0 Å².